The van der Waals surface area contributed by atoms with Crippen molar-refractivity contribution in [2.75, 3.05) is 11.1 Å². The van der Waals surface area contributed by atoms with E-state index in [1.807, 2.05) is 0 Å². The Balaban J connectivity index is 2.23. The molecular weight excluding hydrogens is 286 g/mol. The highest BCUT2D eigenvalue weighted by Gasteiger charge is 2.12. The molecule has 0 unspecified atom stereocenters. The maximum absolute atomic E-state index is 11.9. The number of hydrogen-bond donors (Lipinski definition) is 2. The van der Waals surface area contributed by atoms with Gasteiger partial charge >= 0.3 is 0 Å². The molecule has 0 fully saturated rings. The Hall–Kier alpha value is -2.02. The van der Waals surface area contributed by atoms with Crippen molar-refractivity contribution in [3.05, 3.63) is 40.9 Å². The molecule has 0 radical (unpaired) electrons. The lowest BCUT2D eigenvalue weighted by molar-refractivity contribution is 0.102. The van der Waals surface area contributed by atoms with Crippen molar-refractivity contribution < 1.29 is 4.79 Å². The average molecular weight is 294 g/mol. The Morgan fingerprint density at radius 2 is 2.12 bits per heavy atom. The van der Waals surface area contributed by atoms with Gasteiger partial charge in [-0.25, -0.2) is 9.97 Å². The van der Waals surface area contributed by atoms with Gasteiger partial charge in [-0.3, -0.25) is 9.78 Å². The van der Waals surface area contributed by atoms with Gasteiger partial charge in [-0.15, -0.1) is 0 Å². The van der Waals surface area contributed by atoms with Gasteiger partial charge in [-0.05, 0) is 22.0 Å². The van der Waals surface area contributed by atoms with Gasteiger partial charge in [-0.2, -0.15) is 0 Å². The molecule has 0 aliphatic carbocycles. The van der Waals surface area contributed by atoms with E-state index in [1.165, 1.54) is 24.8 Å². The summed E-state index contributed by atoms with van der Waals surface area (Å²) in [5.41, 5.74) is 5.90. The van der Waals surface area contributed by atoms with Gasteiger partial charge in [0.25, 0.3) is 5.91 Å². The van der Waals surface area contributed by atoms with E-state index in [2.05, 4.69) is 36.2 Å². The highest BCUT2D eigenvalue weighted by molar-refractivity contribution is 9.10. The van der Waals surface area contributed by atoms with Crippen LogP contribution >= 0.6 is 15.9 Å². The van der Waals surface area contributed by atoms with Gasteiger partial charge < -0.3 is 11.1 Å². The Morgan fingerprint density at radius 3 is 2.82 bits per heavy atom. The highest BCUT2D eigenvalue weighted by Crippen LogP contribution is 2.16. The molecule has 1 amide bonds. The number of pyridine rings is 1. The molecule has 0 saturated heterocycles. The standard InChI is InChI=1S/C10H8BrN5O/c11-6-3-7(9(12)15-4-6)10(17)16-8-5-13-1-2-14-8/h1-5H,(H2,12,15)(H,14,16,17). The number of halogens is 1. The van der Waals surface area contributed by atoms with Crippen molar-refractivity contribution in [2.24, 2.45) is 0 Å². The molecule has 3 N–H and O–H groups in total. The molecule has 6 nitrogen and oxygen atoms in total. The summed E-state index contributed by atoms with van der Waals surface area (Å²) in [7, 11) is 0. The average Bonchev–Trinajstić information content (AvgIpc) is 2.33. The van der Waals surface area contributed by atoms with Crippen LogP contribution in [0.25, 0.3) is 0 Å². The van der Waals surface area contributed by atoms with Crippen LogP contribution in [0, 0.1) is 0 Å². The van der Waals surface area contributed by atoms with Crippen LogP contribution < -0.4 is 11.1 Å². The molecular formula is C10H8BrN5O. The summed E-state index contributed by atoms with van der Waals surface area (Å²) in [5, 5.41) is 2.57. The summed E-state index contributed by atoms with van der Waals surface area (Å²) < 4.78 is 0.677. The summed E-state index contributed by atoms with van der Waals surface area (Å²) in [4.78, 5) is 23.5. The number of aromatic nitrogens is 3. The summed E-state index contributed by atoms with van der Waals surface area (Å²) in [6, 6.07) is 1.59. The summed E-state index contributed by atoms with van der Waals surface area (Å²) >= 11 is 3.22. The van der Waals surface area contributed by atoms with Crippen LogP contribution in [-0.2, 0) is 0 Å². The van der Waals surface area contributed by atoms with E-state index >= 15 is 0 Å². The van der Waals surface area contributed by atoms with Crippen molar-refractivity contribution in [1.29, 1.82) is 0 Å². The third-order valence-electron chi connectivity index (χ3n) is 1.93. The first kappa shape index (κ1) is 11.5. The molecule has 0 aliphatic rings. The predicted molar refractivity (Wildman–Crippen MR) is 66.3 cm³/mol. The van der Waals surface area contributed by atoms with Gasteiger partial charge in [0.05, 0.1) is 11.8 Å². The molecule has 7 heteroatoms. The molecule has 0 aromatic carbocycles. The second kappa shape index (κ2) is 4.88. The fourth-order valence-corrected chi connectivity index (χ4v) is 1.51. The molecule has 2 aromatic rings. The van der Waals surface area contributed by atoms with Crippen molar-refractivity contribution in [2.45, 2.75) is 0 Å². The van der Waals surface area contributed by atoms with E-state index in [-0.39, 0.29) is 17.3 Å². The number of carbonyl (C=O) groups excluding carboxylic acids is 1. The Morgan fingerprint density at radius 1 is 1.29 bits per heavy atom. The van der Waals surface area contributed by atoms with Crippen molar-refractivity contribution in [3.8, 4) is 0 Å². The second-order valence-corrected chi connectivity index (χ2v) is 4.05. The molecule has 86 valence electrons. The molecule has 0 aliphatic heterocycles. The van der Waals surface area contributed by atoms with Crippen molar-refractivity contribution in [3.63, 3.8) is 0 Å². The number of carbonyl (C=O) groups is 1. The van der Waals surface area contributed by atoms with Crippen molar-refractivity contribution in [1.82, 2.24) is 15.0 Å². The van der Waals surface area contributed by atoms with E-state index in [1.54, 1.807) is 6.07 Å². The first-order chi connectivity index (χ1) is 8.16. The third-order valence-corrected chi connectivity index (χ3v) is 2.37. The zero-order valence-electron chi connectivity index (χ0n) is 8.59. The summed E-state index contributed by atoms with van der Waals surface area (Å²) in [6.45, 7) is 0. The van der Waals surface area contributed by atoms with Gasteiger partial charge in [0, 0.05) is 23.1 Å². The maximum Gasteiger partial charge on any atom is 0.260 e. The molecule has 0 bridgehead atoms. The third kappa shape index (κ3) is 2.76. The van der Waals surface area contributed by atoms with Crippen LogP contribution in [0.1, 0.15) is 10.4 Å². The lowest BCUT2D eigenvalue weighted by atomic mass is 10.2. The minimum absolute atomic E-state index is 0.162. The topological polar surface area (TPSA) is 93.8 Å². The fraction of sp³-hybridized carbons (Fsp3) is 0. The number of hydrogen-bond acceptors (Lipinski definition) is 5. The monoisotopic (exact) mass is 293 g/mol. The Labute approximate surface area is 105 Å². The lowest BCUT2D eigenvalue weighted by Crippen LogP contribution is -2.15. The summed E-state index contributed by atoms with van der Waals surface area (Å²) in [6.07, 6.45) is 5.97. The van der Waals surface area contributed by atoms with E-state index in [4.69, 9.17) is 5.73 Å². The van der Waals surface area contributed by atoms with E-state index in [0.717, 1.165) is 0 Å². The van der Waals surface area contributed by atoms with Crippen LogP contribution in [0.3, 0.4) is 0 Å². The smallest absolute Gasteiger partial charge is 0.260 e. The molecule has 2 rings (SSSR count). The van der Waals surface area contributed by atoms with E-state index in [9.17, 15) is 4.79 Å². The van der Waals surface area contributed by atoms with Crippen LogP contribution in [-0.4, -0.2) is 20.9 Å². The predicted octanol–water partition coefficient (Wildman–Crippen LogP) is 1.47. The van der Waals surface area contributed by atoms with E-state index in [0.29, 0.717) is 10.3 Å². The second-order valence-electron chi connectivity index (χ2n) is 3.13. The number of nitrogens with two attached hydrogens (primary N) is 1. The molecule has 0 atom stereocenters. The molecule has 2 aromatic heterocycles. The largest absolute Gasteiger partial charge is 0.383 e. The number of rotatable bonds is 2. The molecule has 17 heavy (non-hydrogen) atoms. The molecule has 0 spiro atoms. The Bertz CT molecular complexity index is 546. The van der Waals surface area contributed by atoms with Crippen LogP contribution in [0.15, 0.2) is 35.3 Å². The fourth-order valence-electron chi connectivity index (χ4n) is 1.18. The number of anilines is 2. The van der Waals surface area contributed by atoms with Crippen LogP contribution in [0.5, 0.6) is 0 Å². The van der Waals surface area contributed by atoms with Gasteiger partial charge in [0.1, 0.15) is 5.82 Å². The molecule has 0 saturated carbocycles. The maximum atomic E-state index is 11.9. The van der Waals surface area contributed by atoms with Gasteiger partial charge in [-0.1, -0.05) is 0 Å². The Kier molecular flexibility index (Phi) is 3.29. The molecule has 2 heterocycles. The van der Waals surface area contributed by atoms with Crippen molar-refractivity contribution >= 4 is 33.5 Å². The number of nitrogens with one attached hydrogen (secondary N) is 1. The zero-order valence-corrected chi connectivity index (χ0v) is 10.2. The first-order valence-electron chi connectivity index (χ1n) is 4.65. The van der Waals surface area contributed by atoms with Crippen LogP contribution in [0.2, 0.25) is 0 Å². The normalized spacial score (nSPS) is 9.94. The highest BCUT2D eigenvalue weighted by atomic mass is 79.9. The van der Waals surface area contributed by atoms with Gasteiger partial charge in [0.15, 0.2) is 5.82 Å². The quantitative estimate of drug-likeness (QED) is 0.874. The number of nitrogen functional groups attached to an aromatic ring is 1. The summed E-state index contributed by atoms with van der Waals surface area (Å²) in [5.74, 6) is 0.142. The van der Waals surface area contributed by atoms with Gasteiger partial charge in [0.2, 0.25) is 0 Å². The van der Waals surface area contributed by atoms with Crippen LogP contribution in [0.4, 0.5) is 11.6 Å². The SMILES string of the molecule is Nc1ncc(Br)cc1C(=O)Nc1cnccn1. The first-order valence-corrected chi connectivity index (χ1v) is 5.44. The number of nitrogens with zero attached hydrogens (tertiary/aromatic N) is 3. The number of amides is 1. The zero-order chi connectivity index (χ0) is 12.3. The van der Waals surface area contributed by atoms with E-state index < -0.39 is 0 Å². The lowest BCUT2D eigenvalue weighted by Gasteiger charge is -2.05. The minimum Gasteiger partial charge on any atom is -0.383 e. The minimum atomic E-state index is -0.378.